The zero-order valence-corrected chi connectivity index (χ0v) is 38.1. The van der Waals surface area contributed by atoms with Crippen molar-refractivity contribution in [3.05, 3.63) is 230 Å². The van der Waals surface area contributed by atoms with E-state index >= 15 is 0 Å². The number of nitriles is 2. The summed E-state index contributed by atoms with van der Waals surface area (Å²) >= 11 is 0. The average molecular weight is 929 g/mol. The van der Waals surface area contributed by atoms with Crippen molar-refractivity contribution < 1.29 is 18.9 Å². The number of benzene rings is 10. The maximum absolute atomic E-state index is 11.6. The van der Waals surface area contributed by atoms with Crippen LogP contribution < -0.4 is 38.5 Å². The van der Waals surface area contributed by atoms with Crippen LogP contribution in [0.3, 0.4) is 0 Å². The molecule has 72 heavy (non-hydrogen) atoms. The molecule has 0 fully saturated rings. The van der Waals surface area contributed by atoms with E-state index in [1.165, 1.54) is 0 Å². The van der Waals surface area contributed by atoms with Gasteiger partial charge in [-0.25, -0.2) is 0 Å². The summed E-state index contributed by atoms with van der Waals surface area (Å²) in [7, 11) is 0. The van der Waals surface area contributed by atoms with Crippen molar-refractivity contribution in [1.82, 2.24) is 0 Å². The molecule has 338 valence electrons. The molecular formula is C62H36N6O4. The Hall–Kier alpha value is -10.4. The number of hydrogen-bond donors (Lipinski definition) is 0. The summed E-state index contributed by atoms with van der Waals surface area (Å²) in [4.78, 5) is 8.60. The van der Waals surface area contributed by atoms with E-state index in [-0.39, 0.29) is 0 Å². The normalized spacial score (nSPS) is 13.0. The van der Waals surface area contributed by atoms with E-state index in [2.05, 4.69) is 43.9 Å². The number of fused-ring (bicyclic) bond motifs is 8. The van der Waals surface area contributed by atoms with E-state index in [1.807, 2.05) is 206 Å². The fourth-order valence-electron chi connectivity index (χ4n) is 10.4. The minimum Gasteiger partial charge on any atom is -0.453 e. The van der Waals surface area contributed by atoms with Gasteiger partial charge in [-0.1, -0.05) is 97.1 Å². The SMILES string of the molecule is N#Cc1cc(-c2cc(C#N)c(N3c4ccccc4Oc4ccccc43)cc2N2c3ccccc3Oc3ccccc32)c(N2c3ccccc3Oc3ccccc32)cc1N1c2ccccc2Oc2ccccc21. The fourth-order valence-corrected chi connectivity index (χ4v) is 10.4. The smallest absolute Gasteiger partial charge is 0.151 e. The van der Waals surface area contributed by atoms with Crippen LogP contribution in [-0.4, -0.2) is 0 Å². The fraction of sp³-hybridized carbons (Fsp3) is 0. The van der Waals surface area contributed by atoms with E-state index in [4.69, 9.17) is 18.9 Å². The van der Waals surface area contributed by atoms with Crippen LogP contribution in [0.1, 0.15) is 11.1 Å². The van der Waals surface area contributed by atoms with Crippen molar-refractivity contribution in [3.63, 3.8) is 0 Å². The lowest BCUT2D eigenvalue weighted by Crippen LogP contribution is -2.21. The Morgan fingerprint density at radius 3 is 0.639 bits per heavy atom. The lowest BCUT2D eigenvalue weighted by atomic mass is 9.92. The van der Waals surface area contributed by atoms with Gasteiger partial charge < -0.3 is 38.5 Å². The molecule has 10 aromatic rings. The molecule has 0 saturated heterocycles. The molecule has 0 radical (unpaired) electrons. The van der Waals surface area contributed by atoms with Crippen LogP contribution in [0.15, 0.2) is 218 Å². The maximum atomic E-state index is 11.6. The number of hydrogen-bond acceptors (Lipinski definition) is 10. The molecule has 0 atom stereocenters. The highest BCUT2D eigenvalue weighted by molar-refractivity contribution is 6.04. The van der Waals surface area contributed by atoms with Gasteiger partial charge in [0.1, 0.15) is 12.1 Å². The highest BCUT2D eigenvalue weighted by Crippen LogP contribution is 2.60. The molecule has 14 rings (SSSR count). The maximum Gasteiger partial charge on any atom is 0.151 e. The number of para-hydroxylation sites is 16. The largest absolute Gasteiger partial charge is 0.453 e. The van der Waals surface area contributed by atoms with Gasteiger partial charge in [0.2, 0.25) is 0 Å². The Labute approximate surface area is 414 Å². The minimum atomic E-state index is 0.391. The van der Waals surface area contributed by atoms with Gasteiger partial charge in [0.05, 0.1) is 79.4 Å². The molecular weight excluding hydrogens is 893 g/mol. The second-order valence-electron chi connectivity index (χ2n) is 17.5. The van der Waals surface area contributed by atoms with Crippen LogP contribution in [0, 0.1) is 22.7 Å². The molecule has 10 nitrogen and oxygen atoms in total. The summed E-state index contributed by atoms with van der Waals surface area (Å²) in [5, 5.41) is 23.1. The Kier molecular flexibility index (Phi) is 9.08. The number of anilines is 12. The van der Waals surface area contributed by atoms with Crippen molar-refractivity contribution >= 4 is 68.2 Å². The van der Waals surface area contributed by atoms with Gasteiger partial charge in [-0.15, -0.1) is 0 Å². The van der Waals surface area contributed by atoms with Crippen LogP contribution in [0.4, 0.5) is 68.2 Å². The predicted octanol–water partition coefficient (Wildman–Crippen LogP) is 17.4. The van der Waals surface area contributed by atoms with Crippen LogP contribution in [0.25, 0.3) is 11.1 Å². The molecule has 0 aromatic heterocycles. The summed E-state index contributed by atoms with van der Waals surface area (Å²) in [5.74, 6) is 5.24. The molecule has 0 aliphatic carbocycles. The van der Waals surface area contributed by atoms with Crippen molar-refractivity contribution in [1.29, 1.82) is 10.5 Å². The third kappa shape index (κ3) is 6.20. The van der Waals surface area contributed by atoms with Gasteiger partial charge in [0, 0.05) is 11.1 Å². The molecule has 4 aliphatic rings. The Bertz CT molecular complexity index is 3550. The summed E-state index contributed by atoms with van der Waals surface area (Å²) in [6.07, 6.45) is 0. The molecule has 0 saturated carbocycles. The minimum absolute atomic E-state index is 0.391. The Morgan fingerprint density at radius 1 is 0.236 bits per heavy atom. The number of nitrogens with zero attached hydrogens (tertiary/aromatic N) is 6. The Morgan fingerprint density at radius 2 is 0.431 bits per heavy atom. The van der Waals surface area contributed by atoms with Gasteiger partial charge in [-0.05, 0) is 121 Å². The molecule has 10 heteroatoms. The quantitative estimate of drug-likeness (QED) is 0.166. The molecule has 0 amide bonds. The second kappa shape index (κ2) is 16.1. The van der Waals surface area contributed by atoms with Crippen molar-refractivity contribution in [2.75, 3.05) is 19.6 Å². The summed E-state index contributed by atoms with van der Waals surface area (Å²) in [6, 6.07) is 76.6. The van der Waals surface area contributed by atoms with E-state index in [1.54, 1.807) is 0 Å². The van der Waals surface area contributed by atoms with Gasteiger partial charge in [-0.2, -0.15) is 10.5 Å². The van der Waals surface area contributed by atoms with Crippen LogP contribution in [0.5, 0.6) is 46.0 Å². The molecule has 0 unspecified atom stereocenters. The molecule has 0 N–H and O–H groups in total. The van der Waals surface area contributed by atoms with E-state index in [0.717, 1.165) is 56.9 Å². The van der Waals surface area contributed by atoms with Crippen LogP contribution in [0.2, 0.25) is 0 Å². The van der Waals surface area contributed by atoms with Gasteiger partial charge in [-0.3, -0.25) is 0 Å². The Balaban J connectivity index is 1.12. The highest BCUT2D eigenvalue weighted by atomic mass is 16.5. The van der Waals surface area contributed by atoms with E-state index in [9.17, 15) is 10.5 Å². The third-order valence-electron chi connectivity index (χ3n) is 13.5. The lowest BCUT2D eigenvalue weighted by molar-refractivity contribution is 0.476. The first-order chi connectivity index (χ1) is 35.6. The summed E-state index contributed by atoms with van der Waals surface area (Å²) in [5.41, 5.74) is 11.1. The molecule has 0 spiro atoms. The van der Waals surface area contributed by atoms with E-state index in [0.29, 0.717) is 79.6 Å². The standard InChI is InChI=1S/C62H36N6O4/c63-37-39-33-41(53(67-47-21-5-13-29-59(47)71-60-30-14-6-22-48(60)67)35-51(39)65-43-17-1-9-25-55(43)69-56-26-10-2-18-44(56)65)42-34-40(38-64)52(66-45-19-3-11-27-57(45)70-58-28-12-4-20-46(58)66)36-54(42)68-49-23-7-15-31-61(49)72-62-32-16-8-24-50(62)68/h1-36H. The topological polar surface area (TPSA) is 97.5 Å². The molecule has 4 aliphatic heterocycles. The zero-order chi connectivity index (χ0) is 47.9. The first-order valence-electron chi connectivity index (χ1n) is 23.4. The average Bonchev–Trinajstić information content (AvgIpc) is 3.44. The predicted molar refractivity (Wildman–Crippen MR) is 280 cm³/mol. The first-order valence-corrected chi connectivity index (χ1v) is 23.4. The van der Waals surface area contributed by atoms with Crippen LogP contribution >= 0.6 is 0 Å². The molecule has 0 bridgehead atoms. The second-order valence-corrected chi connectivity index (χ2v) is 17.5. The van der Waals surface area contributed by atoms with Crippen molar-refractivity contribution in [3.8, 4) is 69.3 Å². The lowest BCUT2D eigenvalue weighted by Gasteiger charge is -2.38. The van der Waals surface area contributed by atoms with Gasteiger partial charge in [0.25, 0.3) is 0 Å². The van der Waals surface area contributed by atoms with Crippen molar-refractivity contribution in [2.24, 2.45) is 0 Å². The summed E-state index contributed by atoms with van der Waals surface area (Å²) < 4.78 is 26.3. The molecule has 4 heterocycles. The third-order valence-corrected chi connectivity index (χ3v) is 13.5. The monoisotopic (exact) mass is 928 g/mol. The van der Waals surface area contributed by atoms with Gasteiger partial charge in [0.15, 0.2) is 46.0 Å². The summed E-state index contributed by atoms with van der Waals surface area (Å²) in [6.45, 7) is 0. The first kappa shape index (κ1) is 40.6. The van der Waals surface area contributed by atoms with Crippen LogP contribution in [-0.2, 0) is 0 Å². The van der Waals surface area contributed by atoms with Gasteiger partial charge >= 0.3 is 0 Å². The zero-order valence-electron chi connectivity index (χ0n) is 38.1. The van der Waals surface area contributed by atoms with E-state index < -0.39 is 0 Å². The highest BCUT2D eigenvalue weighted by Gasteiger charge is 2.37. The molecule has 10 aromatic carbocycles. The number of rotatable bonds is 5. The van der Waals surface area contributed by atoms with Crippen molar-refractivity contribution in [2.45, 2.75) is 0 Å². The number of ether oxygens (including phenoxy) is 4.